The predicted molar refractivity (Wildman–Crippen MR) is 145 cm³/mol. The van der Waals surface area contributed by atoms with Gasteiger partial charge in [-0.3, -0.25) is 13.7 Å². The van der Waals surface area contributed by atoms with E-state index in [1.54, 1.807) is 6.07 Å². The molecule has 0 amide bonds. The zero-order valence-electron chi connectivity index (χ0n) is 17.1. The van der Waals surface area contributed by atoms with Crippen LogP contribution in [0.25, 0.3) is 21.5 Å². The Balaban J connectivity index is 0.00000241. The van der Waals surface area contributed by atoms with Crippen molar-refractivity contribution in [3.63, 3.8) is 0 Å². The van der Waals surface area contributed by atoms with Crippen LogP contribution in [0.1, 0.15) is 0 Å². The van der Waals surface area contributed by atoms with Gasteiger partial charge in [0.15, 0.2) is 0 Å². The molecule has 0 spiro atoms. The molecule has 0 heterocycles. The van der Waals surface area contributed by atoms with Gasteiger partial charge in [0.2, 0.25) is 0 Å². The van der Waals surface area contributed by atoms with E-state index in [1.165, 1.54) is 24.3 Å². The summed E-state index contributed by atoms with van der Waals surface area (Å²) in [5.74, 6) is -0.579. The molecule has 0 fully saturated rings. The standard InChI is InChI=1S/C20H14N2O10S3.3Na.3H/c23-16-7-5-11-9-12(33(24,25)26)10-18(35(30,31)32)19(11)20(16)22-21-15-6-8-17(34(27,28)29)14-4-2-1-3-13(14)15;;;;;;/h1-10,23H,(H,24,25,26)(H,27,28,29)(H,30,31,32);;;;;;. The number of rotatable bonds is 5. The van der Waals surface area contributed by atoms with E-state index < -0.39 is 51.6 Å². The van der Waals surface area contributed by atoms with Gasteiger partial charge in [-0.2, -0.15) is 25.3 Å². The molecule has 188 valence electrons. The van der Waals surface area contributed by atoms with Crippen LogP contribution in [0.4, 0.5) is 11.4 Å². The molecule has 0 aliphatic rings. The molecule has 0 atom stereocenters. The summed E-state index contributed by atoms with van der Waals surface area (Å²) in [7, 11) is -14.5. The van der Waals surface area contributed by atoms with Crippen molar-refractivity contribution in [2.45, 2.75) is 14.7 Å². The van der Waals surface area contributed by atoms with E-state index in [4.69, 9.17) is 0 Å². The van der Waals surface area contributed by atoms with Gasteiger partial charge in [0.05, 0.1) is 10.6 Å². The average molecular weight is 611 g/mol. The Kier molecular flexibility index (Phi) is 12.2. The fourth-order valence-electron chi connectivity index (χ4n) is 3.50. The first-order valence-electron chi connectivity index (χ1n) is 9.33. The summed E-state index contributed by atoms with van der Waals surface area (Å²) in [5.41, 5.74) is -0.382. The van der Waals surface area contributed by atoms with Gasteiger partial charge >= 0.3 is 88.7 Å². The van der Waals surface area contributed by atoms with Gasteiger partial charge in [-0.25, -0.2) is 0 Å². The van der Waals surface area contributed by atoms with Gasteiger partial charge in [-0.05, 0) is 35.7 Å². The third-order valence-electron chi connectivity index (χ3n) is 4.98. The molecule has 4 aromatic carbocycles. The Morgan fingerprint density at radius 2 is 1.18 bits per heavy atom. The molecule has 4 aromatic rings. The minimum atomic E-state index is -5.07. The average Bonchev–Trinajstić information content (AvgIpc) is 2.75. The molecule has 0 aliphatic heterocycles. The third-order valence-corrected chi connectivity index (χ3v) is 7.60. The fourth-order valence-corrected chi connectivity index (χ4v) is 5.56. The summed E-state index contributed by atoms with van der Waals surface area (Å²) < 4.78 is 99.0. The Morgan fingerprint density at radius 3 is 1.74 bits per heavy atom. The molecule has 12 nitrogen and oxygen atoms in total. The Labute approximate surface area is 283 Å². The second-order valence-corrected chi connectivity index (χ2v) is 11.4. The summed E-state index contributed by atoms with van der Waals surface area (Å²) in [5, 5.41) is 18.1. The van der Waals surface area contributed by atoms with E-state index in [-0.39, 0.29) is 121 Å². The van der Waals surface area contributed by atoms with Crippen LogP contribution < -0.4 is 0 Å². The number of phenolic OH excluding ortho intramolecular Hbond substituents is 1. The molecular formula is C20H17N2Na3O10S3. The van der Waals surface area contributed by atoms with Crippen molar-refractivity contribution < 1.29 is 44.0 Å². The summed E-state index contributed by atoms with van der Waals surface area (Å²) in [6.07, 6.45) is 0. The Bertz CT molecular complexity index is 1900. The fraction of sp³-hybridized carbons (Fsp3) is 0. The van der Waals surface area contributed by atoms with Crippen molar-refractivity contribution in [3.8, 4) is 5.75 Å². The van der Waals surface area contributed by atoms with Crippen molar-refractivity contribution in [2.24, 2.45) is 10.2 Å². The zero-order valence-corrected chi connectivity index (χ0v) is 19.6. The van der Waals surface area contributed by atoms with Gasteiger partial charge in [-0.1, -0.05) is 30.3 Å². The number of nitrogens with zero attached hydrogens (tertiary/aromatic N) is 2. The van der Waals surface area contributed by atoms with Crippen molar-refractivity contribution >= 4 is 152 Å². The van der Waals surface area contributed by atoms with Gasteiger partial charge in [0.25, 0.3) is 30.4 Å². The van der Waals surface area contributed by atoms with E-state index in [9.17, 15) is 44.0 Å². The van der Waals surface area contributed by atoms with Crippen LogP contribution in [0.3, 0.4) is 0 Å². The first-order chi connectivity index (χ1) is 16.2. The number of fused-ring (bicyclic) bond motifs is 2. The van der Waals surface area contributed by atoms with Gasteiger partial charge in [0.1, 0.15) is 21.2 Å². The number of phenols is 1. The van der Waals surface area contributed by atoms with Crippen molar-refractivity contribution in [3.05, 3.63) is 60.7 Å². The second kappa shape index (κ2) is 13.0. The van der Waals surface area contributed by atoms with Crippen LogP contribution in [0, 0.1) is 0 Å². The molecule has 0 saturated heterocycles. The Morgan fingerprint density at radius 1 is 0.605 bits per heavy atom. The van der Waals surface area contributed by atoms with E-state index in [0.29, 0.717) is 6.07 Å². The van der Waals surface area contributed by atoms with Crippen LogP contribution >= 0.6 is 0 Å². The predicted octanol–water partition coefficient (Wildman–Crippen LogP) is 1.91. The first kappa shape index (κ1) is 35.6. The van der Waals surface area contributed by atoms with Gasteiger partial charge < -0.3 is 5.11 Å². The van der Waals surface area contributed by atoms with E-state index in [0.717, 1.165) is 24.3 Å². The molecular weight excluding hydrogens is 593 g/mol. The zero-order chi connectivity index (χ0) is 25.8. The monoisotopic (exact) mass is 610 g/mol. The number of hydrogen-bond donors (Lipinski definition) is 4. The summed E-state index contributed by atoms with van der Waals surface area (Å²) in [6.45, 7) is 0. The molecule has 38 heavy (non-hydrogen) atoms. The molecule has 4 N–H and O–H groups in total. The Hall–Kier alpha value is -0.470. The normalized spacial score (nSPS) is 12.1. The quantitative estimate of drug-likeness (QED) is 0.147. The number of hydrogen-bond acceptors (Lipinski definition) is 9. The van der Waals surface area contributed by atoms with E-state index in [1.807, 2.05) is 0 Å². The van der Waals surface area contributed by atoms with Crippen molar-refractivity contribution in [2.75, 3.05) is 0 Å². The second-order valence-electron chi connectivity index (χ2n) is 7.21. The molecule has 0 radical (unpaired) electrons. The summed E-state index contributed by atoms with van der Waals surface area (Å²) in [4.78, 5) is -2.16. The molecule has 4 rings (SSSR count). The van der Waals surface area contributed by atoms with Crippen LogP contribution in [0.2, 0.25) is 0 Å². The van der Waals surface area contributed by atoms with Gasteiger partial charge in [0, 0.05) is 16.2 Å². The number of azo groups is 1. The molecule has 18 heteroatoms. The minimum absolute atomic E-state index is 0. The van der Waals surface area contributed by atoms with Crippen LogP contribution in [-0.4, -0.2) is 133 Å². The number of benzene rings is 4. The summed E-state index contributed by atoms with van der Waals surface area (Å²) in [6, 6.07) is 11.9. The molecule has 0 saturated carbocycles. The van der Waals surface area contributed by atoms with Crippen molar-refractivity contribution in [1.29, 1.82) is 0 Å². The van der Waals surface area contributed by atoms with Crippen LogP contribution in [0.15, 0.2) is 85.6 Å². The molecule has 0 bridgehead atoms. The van der Waals surface area contributed by atoms with Gasteiger partial charge in [-0.15, -0.1) is 10.2 Å². The van der Waals surface area contributed by atoms with Crippen molar-refractivity contribution in [1.82, 2.24) is 0 Å². The first-order valence-corrected chi connectivity index (χ1v) is 13.7. The van der Waals surface area contributed by atoms with E-state index >= 15 is 0 Å². The van der Waals surface area contributed by atoms with Crippen LogP contribution in [-0.2, 0) is 30.4 Å². The number of aromatic hydroxyl groups is 1. The van der Waals surface area contributed by atoms with E-state index in [2.05, 4.69) is 10.2 Å². The maximum atomic E-state index is 12.0. The molecule has 0 unspecified atom stereocenters. The molecule has 0 aromatic heterocycles. The maximum absolute atomic E-state index is 12.0. The molecule has 0 aliphatic carbocycles. The SMILES string of the molecule is O=S(=O)(O)c1cc(S(=O)(=O)O)c2c(N=Nc3ccc(S(=O)(=O)O)c4ccccc34)c(O)ccc2c1.[NaH].[NaH].[NaH]. The third kappa shape index (κ3) is 7.43. The summed E-state index contributed by atoms with van der Waals surface area (Å²) >= 11 is 0. The topological polar surface area (TPSA) is 208 Å². The van der Waals surface area contributed by atoms with Crippen LogP contribution in [0.5, 0.6) is 5.75 Å².